The standard InChI is InChI=1S/C19H24N2O3S/c1-14(20-19(22)15-5-3-6-16(13-15)23-2)18(17-7-4-12-25-17)21-8-10-24-11-9-21/h3-7,12-14,18H,8-11H2,1-2H3,(H,20,22)/t14-,18-/m1/s1. The van der Waals surface area contributed by atoms with E-state index in [4.69, 9.17) is 9.47 Å². The minimum atomic E-state index is -0.0822. The van der Waals surface area contributed by atoms with E-state index in [0.29, 0.717) is 11.3 Å². The maximum Gasteiger partial charge on any atom is 0.251 e. The summed E-state index contributed by atoms with van der Waals surface area (Å²) in [6, 6.07) is 11.6. The molecule has 0 spiro atoms. The quantitative estimate of drug-likeness (QED) is 0.861. The Labute approximate surface area is 152 Å². The van der Waals surface area contributed by atoms with Crippen molar-refractivity contribution in [3.63, 3.8) is 0 Å². The molecular weight excluding hydrogens is 336 g/mol. The number of methoxy groups -OCH3 is 1. The van der Waals surface area contributed by atoms with E-state index < -0.39 is 0 Å². The second-order valence-electron chi connectivity index (χ2n) is 6.10. The van der Waals surface area contributed by atoms with Crippen molar-refractivity contribution in [2.75, 3.05) is 33.4 Å². The van der Waals surface area contributed by atoms with Crippen molar-refractivity contribution in [1.29, 1.82) is 0 Å². The zero-order chi connectivity index (χ0) is 17.6. The SMILES string of the molecule is COc1cccc(C(=O)N[C@H](C)[C@H](c2cccs2)N2CCOCC2)c1. The highest BCUT2D eigenvalue weighted by molar-refractivity contribution is 7.10. The van der Waals surface area contributed by atoms with E-state index in [1.807, 2.05) is 12.1 Å². The molecule has 0 radical (unpaired) electrons. The van der Waals surface area contributed by atoms with Gasteiger partial charge >= 0.3 is 0 Å². The Morgan fingerprint density at radius 1 is 1.28 bits per heavy atom. The topological polar surface area (TPSA) is 50.8 Å². The number of benzene rings is 1. The molecule has 134 valence electrons. The van der Waals surface area contributed by atoms with Gasteiger partial charge in [-0.3, -0.25) is 9.69 Å². The zero-order valence-corrected chi connectivity index (χ0v) is 15.4. The third-order valence-electron chi connectivity index (χ3n) is 4.44. The van der Waals surface area contributed by atoms with Gasteiger partial charge in [-0.25, -0.2) is 0 Å². The molecule has 0 aliphatic carbocycles. The van der Waals surface area contributed by atoms with Gasteiger partial charge in [0.15, 0.2) is 0 Å². The van der Waals surface area contributed by atoms with Crippen molar-refractivity contribution in [3.05, 3.63) is 52.2 Å². The van der Waals surface area contributed by atoms with Crippen LogP contribution in [0.25, 0.3) is 0 Å². The molecule has 2 aromatic rings. The van der Waals surface area contributed by atoms with Gasteiger partial charge < -0.3 is 14.8 Å². The summed E-state index contributed by atoms with van der Waals surface area (Å²) in [5.74, 6) is 0.601. The number of morpholine rings is 1. The van der Waals surface area contributed by atoms with Crippen molar-refractivity contribution in [2.45, 2.75) is 19.0 Å². The van der Waals surface area contributed by atoms with Crippen molar-refractivity contribution in [2.24, 2.45) is 0 Å². The molecule has 1 aliphatic heterocycles. The number of rotatable bonds is 6. The van der Waals surface area contributed by atoms with Gasteiger partial charge in [-0.1, -0.05) is 12.1 Å². The molecule has 25 heavy (non-hydrogen) atoms. The van der Waals surface area contributed by atoms with Crippen LogP contribution in [-0.4, -0.2) is 50.3 Å². The van der Waals surface area contributed by atoms with Gasteiger partial charge in [0.2, 0.25) is 0 Å². The summed E-state index contributed by atoms with van der Waals surface area (Å²) in [5.41, 5.74) is 0.609. The average Bonchev–Trinajstić information content (AvgIpc) is 3.17. The number of hydrogen-bond acceptors (Lipinski definition) is 5. The molecule has 0 saturated carbocycles. The smallest absolute Gasteiger partial charge is 0.251 e. The number of nitrogens with one attached hydrogen (secondary N) is 1. The van der Waals surface area contributed by atoms with Crippen LogP contribution in [0.1, 0.15) is 28.2 Å². The summed E-state index contributed by atoms with van der Waals surface area (Å²) in [6.45, 7) is 5.29. The third-order valence-corrected chi connectivity index (χ3v) is 5.38. The van der Waals surface area contributed by atoms with Gasteiger partial charge in [0.1, 0.15) is 5.75 Å². The first-order valence-electron chi connectivity index (χ1n) is 8.49. The summed E-state index contributed by atoms with van der Waals surface area (Å²) >= 11 is 1.73. The maximum absolute atomic E-state index is 12.7. The van der Waals surface area contributed by atoms with Gasteiger partial charge in [-0.05, 0) is 36.6 Å². The van der Waals surface area contributed by atoms with Crippen LogP contribution in [0, 0.1) is 0 Å². The summed E-state index contributed by atoms with van der Waals surface area (Å²) in [7, 11) is 1.60. The predicted molar refractivity (Wildman–Crippen MR) is 99.4 cm³/mol. The molecular formula is C19H24N2O3S. The summed E-state index contributed by atoms with van der Waals surface area (Å²) in [5, 5.41) is 5.25. The molecule has 1 aromatic heterocycles. The molecule has 1 saturated heterocycles. The minimum Gasteiger partial charge on any atom is -0.497 e. The van der Waals surface area contributed by atoms with Crippen LogP contribution in [0.2, 0.25) is 0 Å². The van der Waals surface area contributed by atoms with Gasteiger partial charge in [0.25, 0.3) is 5.91 Å². The molecule has 1 fully saturated rings. The highest BCUT2D eigenvalue weighted by Crippen LogP contribution is 2.29. The van der Waals surface area contributed by atoms with Crippen LogP contribution in [0.15, 0.2) is 41.8 Å². The first-order valence-corrected chi connectivity index (χ1v) is 9.37. The van der Waals surface area contributed by atoms with E-state index in [0.717, 1.165) is 26.3 Å². The number of amides is 1. The summed E-state index contributed by atoms with van der Waals surface area (Å²) in [6.07, 6.45) is 0. The fourth-order valence-electron chi connectivity index (χ4n) is 3.19. The molecule has 3 rings (SSSR count). The fraction of sp³-hybridized carbons (Fsp3) is 0.421. The van der Waals surface area contributed by atoms with E-state index in [9.17, 15) is 4.79 Å². The summed E-state index contributed by atoms with van der Waals surface area (Å²) in [4.78, 5) is 16.3. The number of hydrogen-bond donors (Lipinski definition) is 1. The molecule has 0 bridgehead atoms. The molecule has 0 unspecified atom stereocenters. The number of thiophene rings is 1. The van der Waals surface area contributed by atoms with E-state index in [-0.39, 0.29) is 18.0 Å². The lowest BCUT2D eigenvalue weighted by Crippen LogP contribution is -2.48. The van der Waals surface area contributed by atoms with Crippen LogP contribution < -0.4 is 10.1 Å². The monoisotopic (exact) mass is 360 g/mol. The Balaban J connectivity index is 1.75. The minimum absolute atomic E-state index is 0.0181. The lowest BCUT2D eigenvalue weighted by atomic mass is 10.0. The van der Waals surface area contributed by atoms with Gasteiger partial charge in [-0.15, -0.1) is 11.3 Å². The second kappa shape index (κ2) is 8.47. The van der Waals surface area contributed by atoms with E-state index >= 15 is 0 Å². The Bertz CT molecular complexity index is 684. The highest BCUT2D eigenvalue weighted by Gasteiger charge is 2.29. The number of carbonyl (C=O) groups excluding carboxylic acids is 1. The lowest BCUT2D eigenvalue weighted by Gasteiger charge is -2.37. The largest absolute Gasteiger partial charge is 0.497 e. The Morgan fingerprint density at radius 3 is 2.76 bits per heavy atom. The van der Waals surface area contributed by atoms with Crippen LogP contribution in [-0.2, 0) is 4.74 Å². The third kappa shape index (κ3) is 4.39. The number of carbonyl (C=O) groups is 1. The molecule has 2 heterocycles. The highest BCUT2D eigenvalue weighted by atomic mass is 32.1. The zero-order valence-electron chi connectivity index (χ0n) is 14.6. The first-order chi connectivity index (χ1) is 12.2. The molecule has 5 nitrogen and oxygen atoms in total. The van der Waals surface area contributed by atoms with Gasteiger partial charge in [0.05, 0.1) is 26.4 Å². The average molecular weight is 360 g/mol. The molecule has 2 atom stereocenters. The van der Waals surface area contributed by atoms with Gasteiger partial charge in [0, 0.05) is 29.6 Å². The number of ether oxygens (including phenoxy) is 2. The Hall–Kier alpha value is -1.89. The molecule has 1 aromatic carbocycles. The van der Waals surface area contributed by atoms with Crippen molar-refractivity contribution in [3.8, 4) is 5.75 Å². The van der Waals surface area contributed by atoms with Crippen LogP contribution >= 0.6 is 11.3 Å². The fourth-order valence-corrected chi connectivity index (χ4v) is 4.16. The van der Waals surface area contributed by atoms with Gasteiger partial charge in [-0.2, -0.15) is 0 Å². The molecule has 1 amide bonds. The van der Waals surface area contributed by atoms with Crippen molar-refractivity contribution < 1.29 is 14.3 Å². The summed E-state index contributed by atoms with van der Waals surface area (Å²) < 4.78 is 10.7. The van der Waals surface area contributed by atoms with Crippen LogP contribution in [0.3, 0.4) is 0 Å². The lowest BCUT2D eigenvalue weighted by molar-refractivity contribution is 0.00969. The van der Waals surface area contributed by atoms with Crippen LogP contribution in [0.4, 0.5) is 0 Å². The van der Waals surface area contributed by atoms with Crippen LogP contribution in [0.5, 0.6) is 5.75 Å². The second-order valence-corrected chi connectivity index (χ2v) is 7.08. The van der Waals surface area contributed by atoms with Crippen molar-refractivity contribution in [1.82, 2.24) is 10.2 Å². The first kappa shape index (κ1) is 17.9. The Kier molecular flexibility index (Phi) is 6.07. The molecule has 1 aliphatic rings. The number of nitrogens with zero attached hydrogens (tertiary/aromatic N) is 1. The molecule has 1 N–H and O–H groups in total. The van der Waals surface area contributed by atoms with E-state index in [2.05, 4.69) is 34.7 Å². The van der Waals surface area contributed by atoms with E-state index in [1.54, 1.807) is 30.6 Å². The Morgan fingerprint density at radius 2 is 2.08 bits per heavy atom. The predicted octanol–water partition coefficient (Wildman–Crippen LogP) is 2.95. The van der Waals surface area contributed by atoms with Crippen molar-refractivity contribution >= 4 is 17.2 Å². The van der Waals surface area contributed by atoms with E-state index in [1.165, 1.54) is 4.88 Å². The maximum atomic E-state index is 12.7. The normalized spacial score (nSPS) is 17.7. The molecule has 6 heteroatoms.